The molecule has 1 nitrogen and oxygen atoms in total. The van der Waals surface area contributed by atoms with Gasteiger partial charge in [-0.2, -0.15) is 11.3 Å². The smallest absolute Gasteiger partial charge is 0.0605 e. The topological polar surface area (TPSA) is 20.2 Å². The Morgan fingerprint density at radius 1 is 1.69 bits per heavy atom. The average molecular weight is 196 g/mol. The normalized spacial score (nSPS) is 38.7. The van der Waals surface area contributed by atoms with Crippen LogP contribution in [0.2, 0.25) is 0 Å². The molecule has 72 valence electrons. The molecule has 0 saturated heterocycles. The minimum absolute atomic E-state index is 0.0950. The van der Waals surface area contributed by atoms with E-state index in [1.54, 1.807) is 11.3 Å². The first-order valence-electron chi connectivity index (χ1n) is 4.88. The number of aliphatic hydroxyl groups is 1. The van der Waals surface area contributed by atoms with E-state index in [4.69, 9.17) is 0 Å². The molecule has 3 atom stereocenters. The Balaban J connectivity index is 2.20. The molecule has 1 aliphatic carbocycles. The van der Waals surface area contributed by atoms with Gasteiger partial charge in [0.1, 0.15) is 0 Å². The number of aliphatic hydroxyl groups excluding tert-OH is 1. The molecule has 1 heterocycles. The molecule has 1 aromatic rings. The second-order valence-electron chi connectivity index (χ2n) is 4.22. The molecule has 3 unspecified atom stereocenters. The molecule has 0 spiro atoms. The first-order valence-corrected chi connectivity index (χ1v) is 5.83. The average Bonchev–Trinajstić information content (AvgIpc) is 2.65. The summed E-state index contributed by atoms with van der Waals surface area (Å²) < 4.78 is 0. The van der Waals surface area contributed by atoms with E-state index in [9.17, 15) is 5.11 Å². The van der Waals surface area contributed by atoms with Crippen molar-refractivity contribution in [3.05, 3.63) is 22.4 Å². The molecule has 1 N–H and O–H groups in total. The minimum Gasteiger partial charge on any atom is -0.393 e. The van der Waals surface area contributed by atoms with Gasteiger partial charge in [0.15, 0.2) is 0 Å². The summed E-state index contributed by atoms with van der Waals surface area (Å²) in [6.07, 6.45) is 1.91. The third kappa shape index (κ3) is 1.24. The van der Waals surface area contributed by atoms with Gasteiger partial charge < -0.3 is 5.11 Å². The summed E-state index contributed by atoms with van der Waals surface area (Å²) in [4.78, 5) is 0. The lowest BCUT2D eigenvalue weighted by molar-refractivity contribution is -0.0776. The highest BCUT2D eigenvalue weighted by Gasteiger charge is 2.50. The fourth-order valence-corrected chi connectivity index (χ4v) is 3.02. The molecule has 1 aliphatic rings. The van der Waals surface area contributed by atoms with Crippen LogP contribution in [0.4, 0.5) is 0 Å². The van der Waals surface area contributed by atoms with Gasteiger partial charge in [0.25, 0.3) is 0 Å². The van der Waals surface area contributed by atoms with E-state index in [0.717, 1.165) is 12.8 Å². The standard InChI is InChI=1S/C11H16OS/c1-3-11(2)9(6-10(11)12)8-4-5-13-7-8/h4-5,7,9-10,12H,3,6H2,1-2H3. The summed E-state index contributed by atoms with van der Waals surface area (Å²) in [6, 6.07) is 2.19. The van der Waals surface area contributed by atoms with Crippen LogP contribution in [0.25, 0.3) is 0 Å². The first kappa shape index (κ1) is 9.22. The zero-order valence-corrected chi connectivity index (χ0v) is 8.97. The van der Waals surface area contributed by atoms with E-state index >= 15 is 0 Å². The van der Waals surface area contributed by atoms with Gasteiger partial charge >= 0.3 is 0 Å². The Bertz CT molecular complexity index is 280. The number of rotatable bonds is 2. The lowest BCUT2D eigenvalue weighted by Crippen LogP contribution is -2.48. The highest BCUT2D eigenvalue weighted by Crippen LogP contribution is 2.55. The quantitative estimate of drug-likeness (QED) is 0.771. The van der Waals surface area contributed by atoms with Gasteiger partial charge in [-0.25, -0.2) is 0 Å². The van der Waals surface area contributed by atoms with Crippen LogP contribution in [0.1, 0.15) is 38.2 Å². The predicted molar refractivity (Wildman–Crippen MR) is 56.1 cm³/mol. The summed E-state index contributed by atoms with van der Waals surface area (Å²) in [6.45, 7) is 4.37. The molecule has 0 amide bonds. The van der Waals surface area contributed by atoms with Crippen molar-refractivity contribution in [2.45, 2.75) is 38.7 Å². The minimum atomic E-state index is -0.0950. The van der Waals surface area contributed by atoms with Gasteiger partial charge in [-0.15, -0.1) is 0 Å². The van der Waals surface area contributed by atoms with Crippen LogP contribution in [0.15, 0.2) is 16.8 Å². The second-order valence-corrected chi connectivity index (χ2v) is 5.00. The Kier molecular flexibility index (Phi) is 2.20. The SMILES string of the molecule is CCC1(C)C(O)CC1c1ccsc1. The van der Waals surface area contributed by atoms with Gasteiger partial charge in [-0.05, 0) is 41.1 Å². The number of hydrogen-bond donors (Lipinski definition) is 1. The zero-order chi connectivity index (χ0) is 9.47. The van der Waals surface area contributed by atoms with E-state index in [2.05, 4.69) is 30.7 Å². The molecule has 1 aromatic heterocycles. The number of hydrogen-bond acceptors (Lipinski definition) is 2. The van der Waals surface area contributed by atoms with Crippen LogP contribution in [0.3, 0.4) is 0 Å². The van der Waals surface area contributed by atoms with Crippen molar-refractivity contribution in [2.75, 3.05) is 0 Å². The zero-order valence-electron chi connectivity index (χ0n) is 8.16. The molecule has 1 fully saturated rings. The van der Waals surface area contributed by atoms with Crippen LogP contribution in [-0.4, -0.2) is 11.2 Å². The van der Waals surface area contributed by atoms with E-state index in [1.165, 1.54) is 5.56 Å². The van der Waals surface area contributed by atoms with Crippen LogP contribution in [0.5, 0.6) is 0 Å². The fourth-order valence-electron chi connectivity index (χ4n) is 2.31. The van der Waals surface area contributed by atoms with Crippen molar-refractivity contribution in [3.8, 4) is 0 Å². The molecular weight excluding hydrogens is 180 g/mol. The molecule has 0 bridgehead atoms. The summed E-state index contributed by atoms with van der Waals surface area (Å²) in [5, 5.41) is 14.1. The van der Waals surface area contributed by atoms with Crippen molar-refractivity contribution >= 4 is 11.3 Å². The highest BCUT2D eigenvalue weighted by molar-refractivity contribution is 7.07. The fraction of sp³-hybridized carbons (Fsp3) is 0.636. The molecule has 0 aliphatic heterocycles. The lowest BCUT2D eigenvalue weighted by atomic mass is 9.56. The maximum Gasteiger partial charge on any atom is 0.0605 e. The van der Waals surface area contributed by atoms with Crippen LogP contribution < -0.4 is 0 Å². The maximum atomic E-state index is 9.74. The van der Waals surface area contributed by atoms with Gasteiger partial charge in [0, 0.05) is 5.41 Å². The predicted octanol–water partition coefficient (Wildman–Crippen LogP) is 3.01. The van der Waals surface area contributed by atoms with Crippen LogP contribution in [-0.2, 0) is 0 Å². The van der Waals surface area contributed by atoms with Crippen molar-refractivity contribution in [2.24, 2.45) is 5.41 Å². The molecule has 0 radical (unpaired) electrons. The van der Waals surface area contributed by atoms with Crippen LogP contribution in [0, 0.1) is 5.41 Å². The Labute approximate surface area is 83.4 Å². The third-order valence-electron chi connectivity index (χ3n) is 3.72. The summed E-state index contributed by atoms with van der Waals surface area (Å²) in [7, 11) is 0. The van der Waals surface area contributed by atoms with Crippen molar-refractivity contribution in [1.82, 2.24) is 0 Å². The van der Waals surface area contributed by atoms with E-state index < -0.39 is 0 Å². The van der Waals surface area contributed by atoms with Gasteiger partial charge in [0.05, 0.1) is 6.10 Å². The van der Waals surface area contributed by atoms with Crippen molar-refractivity contribution in [3.63, 3.8) is 0 Å². The summed E-state index contributed by atoms with van der Waals surface area (Å²) in [5.74, 6) is 0.582. The molecule has 2 heteroatoms. The molecule has 13 heavy (non-hydrogen) atoms. The van der Waals surface area contributed by atoms with Gasteiger partial charge in [0.2, 0.25) is 0 Å². The molecule has 1 saturated carbocycles. The second kappa shape index (κ2) is 3.10. The summed E-state index contributed by atoms with van der Waals surface area (Å²) in [5.41, 5.74) is 1.54. The third-order valence-corrected chi connectivity index (χ3v) is 4.43. The largest absolute Gasteiger partial charge is 0.393 e. The lowest BCUT2D eigenvalue weighted by Gasteiger charge is -2.51. The summed E-state index contributed by atoms with van der Waals surface area (Å²) >= 11 is 1.75. The van der Waals surface area contributed by atoms with Gasteiger partial charge in [-0.3, -0.25) is 0 Å². The van der Waals surface area contributed by atoms with E-state index in [-0.39, 0.29) is 11.5 Å². The maximum absolute atomic E-state index is 9.74. The highest BCUT2D eigenvalue weighted by atomic mass is 32.1. The Hall–Kier alpha value is -0.340. The molecule has 0 aromatic carbocycles. The molecular formula is C11H16OS. The first-order chi connectivity index (χ1) is 6.18. The van der Waals surface area contributed by atoms with Gasteiger partial charge in [-0.1, -0.05) is 13.8 Å². The van der Waals surface area contributed by atoms with Crippen LogP contribution >= 0.6 is 11.3 Å². The van der Waals surface area contributed by atoms with Crippen molar-refractivity contribution in [1.29, 1.82) is 0 Å². The Morgan fingerprint density at radius 3 is 2.92 bits per heavy atom. The van der Waals surface area contributed by atoms with Crippen molar-refractivity contribution < 1.29 is 5.11 Å². The monoisotopic (exact) mass is 196 g/mol. The van der Waals surface area contributed by atoms with E-state index in [0.29, 0.717) is 5.92 Å². The van der Waals surface area contributed by atoms with E-state index in [1.807, 2.05) is 0 Å². The Morgan fingerprint density at radius 2 is 2.46 bits per heavy atom. The molecule has 2 rings (SSSR count). The number of thiophene rings is 1.